The molecule has 1 rings (SSSR count). The molecule has 0 unspecified atom stereocenters. The number of hydrogen-bond acceptors (Lipinski definition) is 2. The van der Waals surface area contributed by atoms with Gasteiger partial charge in [0.15, 0.2) is 0 Å². The van der Waals surface area contributed by atoms with E-state index in [4.69, 9.17) is 0 Å². The van der Waals surface area contributed by atoms with Crippen LogP contribution in [0.2, 0.25) is 0 Å². The van der Waals surface area contributed by atoms with Gasteiger partial charge in [0.05, 0.1) is 0 Å². The maximum absolute atomic E-state index is 4.23. The van der Waals surface area contributed by atoms with Crippen molar-refractivity contribution in [3.8, 4) is 0 Å². The first-order valence-electron chi connectivity index (χ1n) is 5.54. The Morgan fingerprint density at radius 2 is 1.93 bits per heavy atom. The Balaban J connectivity index is 2.61. The number of hydrogen-bond donors (Lipinski definition) is 1. The van der Waals surface area contributed by atoms with Crippen molar-refractivity contribution in [1.29, 1.82) is 0 Å². The van der Waals surface area contributed by atoms with Crippen LogP contribution in [0.25, 0.3) is 0 Å². The minimum Gasteiger partial charge on any atom is -0.374 e. The van der Waals surface area contributed by atoms with Gasteiger partial charge in [0.1, 0.15) is 0 Å². The van der Waals surface area contributed by atoms with Gasteiger partial charge in [-0.25, -0.2) is 0 Å². The van der Waals surface area contributed by atoms with Crippen molar-refractivity contribution in [3.05, 3.63) is 29.3 Å². The van der Waals surface area contributed by atoms with E-state index in [2.05, 4.69) is 56.6 Å². The SMILES string of the molecule is Cc1ccc(N(C)CCCCS)c(C)c1. The lowest BCUT2D eigenvalue weighted by molar-refractivity contribution is 0.772. The van der Waals surface area contributed by atoms with Crippen molar-refractivity contribution < 1.29 is 0 Å². The summed E-state index contributed by atoms with van der Waals surface area (Å²) in [5.74, 6) is 0.987. The molecule has 0 aliphatic heterocycles. The van der Waals surface area contributed by atoms with E-state index in [1.165, 1.54) is 29.7 Å². The maximum Gasteiger partial charge on any atom is 0.0393 e. The summed E-state index contributed by atoms with van der Waals surface area (Å²) in [6.45, 7) is 5.43. The molecule has 1 aromatic rings. The Kier molecular flexibility index (Phi) is 5.03. The maximum atomic E-state index is 4.23. The number of nitrogens with zero attached hydrogens (tertiary/aromatic N) is 1. The second-order valence-corrected chi connectivity index (χ2v) is 4.59. The highest BCUT2D eigenvalue weighted by atomic mass is 32.1. The van der Waals surface area contributed by atoms with E-state index in [-0.39, 0.29) is 0 Å². The predicted octanol–water partition coefficient (Wildman–Crippen LogP) is 3.45. The zero-order valence-corrected chi connectivity index (χ0v) is 10.8. The van der Waals surface area contributed by atoms with E-state index in [1.54, 1.807) is 0 Å². The molecule has 0 aliphatic rings. The second-order valence-electron chi connectivity index (χ2n) is 4.14. The third-order valence-corrected chi connectivity index (χ3v) is 2.98. The van der Waals surface area contributed by atoms with Crippen molar-refractivity contribution in [2.45, 2.75) is 26.7 Å². The largest absolute Gasteiger partial charge is 0.374 e. The number of thiol groups is 1. The van der Waals surface area contributed by atoms with Crippen molar-refractivity contribution in [1.82, 2.24) is 0 Å². The second kappa shape index (κ2) is 6.06. The van der Waals surface area contributed by atoms with Crippen LogP contribution >= 0.6 is 12.6 Å². The molecule has 0 spiro atoms. The van der Waals surface area contributed by atoms with Gasteiger partial charge < -0.3 is 4.90 Å². The summed E-state index contributed by atoms with van der Waals surface area (Å²) in [5, 5.41) is 0. The molecule has 2 heteroatoms. The highest BCUT2D eigenvalue weighted by Gasteiger charge is 2.03. The third-order valence-electron chi connectivity index (χ3n) is 2.67. The molecule has 15 heavy (non-hydrogen) atoms. The van der Waals surface area contributed by atoms with Gasteiger partial charge in [-0.2, -0.15) is 12.6 Å². The van der Waals surface area contributed by atoms with E-state index in [1.807, 2.05) is 0 Å². The average Bonchev–Trinajstić information content (AvgIpc) is 2.17. The van der Waals surface area contributed by atoms with Gasteiger partial charge >= 0.3 is 0 Å². The van der Waals surface area contributed by atoms with Gasteiger partial charge in [-0.1, -0.05) is 17.7 Å². The summed E-state index contributed by atoms with van der Waals surface area (Å²) in [7, 11) is 2.16. The van der Waals surface area contributed by atoms with Crippen LogP contribution in [-0.2, 0) is 0 Å². The van der Waals surface area contributed by atoms with Crippen molar-refractivity contribution in [2.24, 2.45) is 0 Å². The van der Waals surface area contributed by atoms with E-state index >= 15 is 0 Å². The summed E-state index contributed by atoms with van der Waals surface area (Å²) in [5.41, 5.74) is 4.04. The first-order valence-corrected chi connectivity index (χ1v) is 6.17. The van der Waals surface area contributed by atoms with E-state index < -0.39 is 0 Å². The van der Waals surface area contributed by atoms with Crippen LogP contribution in [-0.4, -0.2) is 19.3 Å². The van der Waals surface area contributed by atoms with E-state index in [0.29, 0.717) is 0 Å². The summed E-state index contributed by atoms with van der Waals surface area (Å²) in [6.07, 6.45) is 2.41. The molecule has 0 N–H and O–H groups in total. The zero-order valence-electron chi connectivity index (χ0n) is 9.95. The molecule has 0 aliphatic carbocycles. The van der Waals surface area contributed by atoms with Crippen LogP contribution in [0.1, 0.15) is 24.0 Å². The van der Waals surface area contributed by atoms with Gasteiger partial charge in [0, 0.05) is 19.3 Å². The first kappa shape index (κ1) is 12.4. The number of aryl methyl sites for hydroxylation is 2. The standard InChI is InChI=1S/C13H21NS/c1-11-6-7-13(12(2)10-11)14(3)8-4-5-9-15/h6-7,10,15H,4-5,8-9H2,1-3H3. The quantitative estimate of drug-likeness (QED) is 0.591. The van der Waals surface area contributed by atoms with Crippen molar-refractivity contribution >= 4 is 18.3 Å². The Labute approximate surface area is 98.9 Å². The minimum atomic E-state index is 0.987. The fourth-order valence-corrected chi connectivity index (χ4v) is 2.04. The van der Waals surface area contributed by atoms with E-state index in [9.17, 15) is 0 Å². The lowest BCUT2D eigenvalue weighted by atomic mass is 10.1. The Hall–Kier alpha value is -0.630. The number of anilines is 1. The van der Waals surface area contributed by atoms with E-state index in [0.717, 1.165) is 12.3 Å². The fraction of sp³-hybridized carbons (Fsp3) is 0.538. The monoisotopic (exact) mass is 223 g/mol. The molecule has 0 amide bonds. The van der Waals surface area contributed by atoms with Gasteiger partial charge in [0.25, 0.3) is 0 Å². The molecule has 1 aromatic carbocycles. The van der Waals surface area contributed by atoms with Crippen LogP contribution in [0, 0.1) is 13.8 Å². The number of benzene rings is 1. The Bertz CT molecular complexity index is 309. The van der Waals surface area contributed by atoms with Crippen molar-refractivity contribution in [3.63, 3.8) is 0 Å². The minimum absolute atomic E-state index is 0.987. The summed E-state index contributed by atoms with van der Waals surface area (Å²) in [6, 6.07) is 6.63. The molecule has 1 nitrogen and oxygen atoms in total. The molecule has 84 valence electrons. The average molecular weight is 223 g/mol. The van der Waals surface area contributed by atoms with Crippen LogP contribution in [0.5, 0.6) is 0 Å². The van der Waals surface area contributed by atoms with Gasteiger partial charge in [0.2, 0.25) is 0 Å². The summed E-state index contributed by atoms with van der Waals surface area (Å²) in [4.78, 5) is 2.33. The molecule has 0 saturated heterocycles. The van der Waals surface area contributed by atoms with Crippen LogP contribution in [0.4, 0.5) is 5.69 Å². The van der Waals surface area contributed by atoms with Gasteiger partial charge in [-0.15, -0.1) is 0 Å². The first-order chi connectivity index (χ1) is 7.15. The zero-order chi connectivity index (χ0) is 11.3. The third kappa shape index (κ3) is 3.78. The van der Waals surface area contributed by atoms with Crippen LogP contribution in [0.3, 0.4) is 0 Å². The molecule has 0 heterocycles. The van der Waals surface area contributed by atoms with Gasteiger partial charge in [-0.3, -0.25) is 0 Å². The summed E-state index contributed by atoms with van der Waals surface area (Å²) >= 11 is 4.23. The topological polar surface area (TPSA) is 3.24 Å². The molecule has 0 aromatic heterocycles. The molecule has 0 radical (unpaired) electrons. The predicted molar refractivity (Wildman–Crippen MR) is 72.3 cm³/mol. The summed E-state index contributed by atoms with van der Waals surface area (Å²) < 4.78 is 0. The lowest BCUT2D eigenvalue weighted by Crippen LogP contribution is -2.19. The Morgan fingerprint density at radius 3 is 2.53 bits per heavy atom. The molecular weight excluding hydrogens is 202 g/mol. The normalized spacial score (nSPS) is 10.4. The number of unbranched alkanes of at least 4 members (excludes halogenated alkanes) is 1. The molecule has 0 fully saturated rings. The van der Waals surface area contributed by atoms with Gasteiger partial charge in [-0.05, 0) is 44.1 Å². The van der Waals surface area contributed by atoms with Crippen molar-refractivity contribution in [2.75, 3.05) is 24.2 Å². The fourth-order valence-electron chi connectivity index (χ4n) is 1.81. The molecule has 0 atom stereocenters. The highest BCUT2D eigenvalue weighted by molar-refractivity contribution is 7.80. The molecular formula is C13H21NS. The smallest absolute Gasteiger partial charge is 0.0393 e. The number of rotatable bonds is 5. The van der Waals surface area contributed by atoms with Crippen LogP contribution < -0.4 is 4.90 Å². The molecule has 0 saturated carbocycles. The van der Waals surface area contributed by atoms with Crippen LogP contribution in [0.15, 0.2) is 18.2 Å². The Morgan fingerprint density at radius 1 is 1.20 bits per heavy atom. The highest BCUT2D eigenvalue weighted by Crippen LogP contribution is 2.20. The lowest BCUT2D eigenvalue weighted by Gasteiger charge is -2.21. The molecule has 0 bridgehead atoms.